The van der Waals surface area contributed by atoms with Crippen molar-refractivity contribution in [1.29, 1.82) is 0 Å². The van der Waals surface area contributed by atoms with Gasteiger partial charge in [-0.1, -0.05) is 28.1 Å². The maximum absolute atomic E-state index is 6.04. The van der Waals surface area contributed by atoms with Crippen molar-refractivity contribution in [3.8, 4) is 5.75 Å². The van der Waals surface area contributed by atoms with E-state index in [4.69, 9.17) is 10.6 Å². The van der Waals surface area contributed by atoms with Crippen molar-refractivity contribution in [2.75, 3.05) is 12.1 Å². The Morgan fingerprint density at radius 2 is 1.67 bits per heavy atom. The number of hydrogen-bond donors (Lipinski definition) is 1. The van der Waals surface area contributed by atoms with Gasteiger partial charge in [-0.3, -0.25) is 0 Å². The summed E-state index contributed by atoms with van der Waals surface area (Å²) in [5, 5.41) is 1.71. The molecule has 0 unspecified atom stereocenters. The van der Waals surface area contributed by atoms with Crippen LogP contribution in [0.3, 0.4) is 0 Å². The number of methoxy groups -OCH3 is 1. The Hall–Kier alpha value is -1.52. The first kappa shape index (κ1) is 12.9. The van der Waals surface area contributed by atoms with Gasteiger partial charge in [0.05, 0.1) is 19.3 Å². The number of halogens is 1. The number of ether oxygens (including phenoxy) is 1. The minimum atomic E-state index is 0.666. The van der Waals surface area contributed by atoms with Crippen LogP contribution in [-0.4, -0.2) is 7.11 Å². The van der Waals surface area contributed by atoms with E-state index in [-0.39, 0.29) is 0 Å². The van der Waals surface area contributed by atoms with E-state index in [9.17, 15) is 0 Å². The summed E-state index contributed by atoms with van der Waals surface area (Å²) < 4.78 is 6.18. The molecular formula is C14H15BrN2O. The third-order valence-corrected chi connectivity index (χ3v) is 3.20. The fourth-order valence-electron chi connectivity index (χ4n) is 1.65. The van der Waals surface area contributed by atoms with E-state index in [1.165, 1.54) is 0 Å². The molecule has 3 nitrogen and oxygen atoms in total. The van der Waals surface area contributed by atoms with Crippen molar-refractivity contribution < 1.29 is 4.74 Å². The molecule has 0 saturated carbocycles. The number of hydrazine groups is 1. The first-order valence-electron chi connectivity index (χ1n) is 5.60. The average Bonchev–Trinajstić information content (AvgIpc) is 2.41. The quantitative estimate of drug-likeness (QED) is 0.695. The van der Waals surface area contributed by atoms with Gasteiger partial charge in [-0.05, 0) is 42.0 Å². The number of nitrogens with two attached hydrogens (primary N) is 1. The van der Waals surface area contributed by atoms with Gasteiger partial charge in [-0.25, -0.2) is 5.84 Å². The van der Waals surface area contributed by atoms with Gasteiger partial charge in [0, 0.05) is 4.47 Å². The summed E-state index contributed by atoms with van der Waals surface area (Å²) in [5.74, 6) is 6.87. The highest BCUT2D eigenvalue weighted by molar-refractivity contribution is 9.10. The molecule has 2 aromatic rings. The molecule has 0 amide bonds. The average molecular weight is 307 g/mol. The summed E-state index contributed by atoms with van der Waals surface area (Å²) in [6.07, 6.45) is 0. The zero-order valence-corrected chi connectivity index (χ0v) is 11.7. The number of hydrogen-bond acceptors (Lipinski definition) is 3. The fourth-order valence-corrected chi connectivity index (χ4v) is 1.92. The topological polar surface area (TPSA) is 38.5 Å². The molecule has 0 bridgehead atoms. The van der Waals surface area contributed by atoms with Crippen LogP contribution < -0.4 is 15.6 Å². The molecule has 0 heterocycles. The molecule has 0 aliphatic heterocycles. The Morgan fingerprint density at radius 3 is 2.22 bits per heavy atom. The molecule has 0 aliphatic rings. The van der Waals surface area contributed by atoms with E-state index in [0.717, 1.165) is 21.5 Å². The number of rotatable bonds is 4. The lowest BCUT2D eigenvalue weighted by molar-refractivity contribution is 0.415. The van der Waals surface area contributed by atoms with Crippen molar-refractivity contribution in [3.63, 3.8) is 0 Å². The highest BCUT2D eigenvalue weighted by Crippen LogP contribution is 2.19. The standard InChI is InChI=1S/C14H15BrN2O/c1-18-14-8-6-13(7-9-14)17(16)10-11-2-4-12(15)5-3-11/h2-9H,10,16H2,1H3. The molecule has 2 aromatic carbocycles. The Kier molecular flexibility index (Phi) is 4.23. The van der Waals surface area contributed by atoms with Gasteiger partial charge in [0.1, 0.15) is 5.75 Å². The van der Waals surface area contributed by atoms with Crippen LogP contribution in [-0.2, 0) is 6.54 Å². The maximum Gasteiger partial charge on any atom is 0.119 e. The van der Waals surface area contributed by atoms with Crippen molar-refractivity contribution in [2.24, 2.45) is 5.84 Å². The van der Waals surface area contributed by atoms with Crippen LogP contribution in [0.1, 0.15) is 5.56 Å². The van der Waals surface area contributed by atoms with Gasteiger partial charge in [0.25, 0.3) is 0 Å². The van der Waals surface area contributed by atoms with Gasteiger partial charge in [-0.15, -0.1) is 0 Å². The molecule has 94 valence electrons. The van der Waals surface area contributed by atoms with E-state index < -0.39 is 0 Å². The predicted molar refractivity (Wildman–Crippen MR) is 77.5 cm³/mol. The van der Waals surface area contributed by atoms with E-state index in [1.807, 2.05) is 48.5 Å². The predicted octanol–water partition coefficient (Wildman–Crippen LogP) is 3.34. The second kappa shape index (κ2) is 5.89. The molecule has 0 atom stereocenters. The van der Waals surface area contributed by atoms with Crippen LogP contribution in [0, 0.1) is 0 Å². The first-order chi connectivity index (χ1) is 8.69. The van der Waals surface area contributed by atoms with Crippen molar-refractivity contribution in [3.05, 3.63) is 58.6 Å². The smallest absolute Gasteiger partial charge is 0.119 e. The zero-order valence-electron chi connectivity index (χ0n) is 10.1. The summed E-state index contributed by atoms with van der Waals surface area (Å²) in [6.45, 7) is 0.666. The van der Waals surface area contributed by atoms with Gasteiger partial charge < -0.3 is 9.75 Å². The molecule has 0 fully saturated rings. The van der Waals surface area contributed by atoms with Gasteiger partial charge in [0.15, 0.2) is 0 Å². The summed E-state index contributed by atoms with van der Waals surface area (Å²) in [6, 6.07) is 15.8. The van der Waals surface area contributed by atoms with Gasteiger partial charge in [0.2, 0.25) is 0 Å². The third kappa shape index (κ3) is 3.24. The van der Waals surface area contributed by atoms with Crippen LogP contribution >= 0.6 is 15.9 Å². The highest BCUT2D eigenvalue weighted by atomic mass is 79.9. The molecular weight excluding hydrogens is 292 g/mol. The summed E-state index contributed by atoms with van der Waals surface area (Å²) in [7, 11) is 1.65. The van der Waals surface area contributed by atoms with Crippen LogP contribution in [0.25, 0.3) is 0 Å². The maximum atomic E-state index is 6.04. The Morgan fingerprint density at radius 1 is 1.06 bits per heavy atom. The first-order valence-corrected chi connectivity index (χ1v) is 6.39. The number of nitrogens with zero attached hydrogens (tertiary/aromatic N) is 1. The normalized spacial score (nSPS) is 10.2. The van der Waals surface area contributed by atoms with Crippen LogP contribution in [0.15, 0.2) is 53.0 Å². The highest BCUT2D eigenvalue weighted by Gasteiger charge is 2.03. The molecule has 4 heteroatoms. The molecule has 18 heavy (non-hydrogen) atoms. The largest absolute Gasteiger partial charge is 0.497 e. The molecule has 0 aliphatic carbocycles. The van der Waals surface area contributed by atoms with Crippen molar-refractivity contribution in [2.45, 2.75) is 6.54 Å². The van der Waals surface area contributed by atoms with Crippen molar-refractivity contribution >= 4 is 21.6 Å². The van der Waals surface area contributed by atoms with E-state index in [2.05, 4.69) is 15.9 Å². The van der Waals surface area contributed by atoms with Gasteiger partial charge in [-0.2, -0.15) is 0 Å². The lowest BCUT2D eigenvalue weighted by Gasteiger charge is -2.19. The minimum Gasteiger partial charge on any atom is -0.497 e. The summed E-state index contributed by atoms with van der Waals surface area (Å²) in [5.41, 5.74) is 2.12. The molecule has 0 saturated heterocycles. The van der Waals surface area contributed by atoms with Crippen LogP contribution in [0.5, 0.6) is 5.75 Å². The number of benzene rings is 2. The van der Waals surface area contributed by atoms with Crippen LogP contribution in [0.4, 0.5) is 5.69 Å². The van der Waals surface area contributed by atoms with Crippen molar-refractivity contribution in [1.82, 2.24) is 0 Å². The second-order valence-electron chi connectivity index (χ2n) is 3.95. The lowest BCUT2D eigenvalue weighted by Crippen LogP contribution is -2.29. The molecule has 2 rings (SSSR count). The Labute approximate surface area is 115 Å². The molecule has 0 aromatic heterocycles. The summed E-state index contributed by atoms with van der Waals surface area (Å²) >= 11 is 3.41. The Bertz CT molecular complexity index is 496. The SMILES string of the molecule is COc1ccc(N(N)Cc2ccc(Br)cc2)cc1. The van der Waals surface area contributed by atoms with E-state index >= 15 is 0 Å². The zero-order chi connectivity index (χ0) is 13.0. The monoisotopic (exact) mass is 306 g/mol. The van der Waals surface area contributed by atoms with E-state index in [0.29, 0.717) is 6.54 Å². The molecule has 0 radical (unpaired) electrons. The number of anilines is 1. The lowest BCUT2D eigenvalue weighted by atomic mass is 10.2. The van der Waals surface area contributed by atoms with E-state index in [1.54, 1.807) is 12.1 Å². The molecule has 2 N–H and O–H groups in total. The minimum absolute atomic E-state index is 0.666. The van der Waals surface area contributed by atoms with Crippen LogP contribution in [0.2, 0.25) is 0 Å². The van der Waals surface area contributed by atoms with Gasteiger partial charge >= 0.3 is 0 Å². The third-order valence-electron chi connectivity index (χ3n) is 2.67. The fraction of sp³-hybridized carbons (Fsp3) is 0.143. The second-order valence-corrected chi connectivity index (χ2v) is 4.87. The Balaban J connectivity index is 2.06. The summed E-state index contributed by atoms with van der Waals surface area (Å²) in [4.78, 5) is 0. The molecule has 0 spiro atoms.